The van der Waals surface area contributed by atoms with Crippen LogP contribution < -0.4 is 0 Å². The van der Waals surface area contributed by atoms with Crippen molar-refractivity contribution in [3.8, 4) is 0 Å². The van der Waals surface area contributed by atoms with E-state index in [0.717, 1.165) is 0 Å². The molecule has 0 amide bonds. The molecule has 1 heterocycles. The lowest BCUT2D eigenvalue weighted by Crippen LogP contribution is -1.99. The summed E-state index contributed by atoms with van der Waals surface area (Å²) in [6.07, 6.45) is 1.80. The van der Waals surface area contributed by atoms with Gasteiger partial charge in [0.1, 0.15) is 5.82 Å². The SMILES string of the molecule is CC(Cc1nnc(SCCCC(=O)c2ccc(F)cc2)o1)c1ccccc1. The predicted octanol–water partition coefficient (Wildman–Crippen LogP) is 5.31. The molecule has 0 aliphatic rings. The standard InChI is InChI=1S/C21H21FN2O2S/c1-15(16-6-3-2-4-7-16)14-20-23-24-21(26-20)27-13-5-8-19(25)17-9-11-18(22)12-10-17/h2-4,6-7,9-12,15H,5,8,13-14H2,1H3. The molecule has 4 nitrogen and oxygen atoms in total. The first kappa shape index (κ1) is 19.3. The van der Waals surface area contributed by atoms with Crippen LogP contribution in [0.25, 0.3) is 0 Å². The number of aromatic nitrogens is 2. The summed E-state index contributed by atoms with van der Waals surface area (Å²) in [6, 6.07) is 15.9. The van der Waals surface area contributed by atoms with Gasteiger partial charge in [-0.15, -0.1) is 10.2 Å². The number of thioether (sulfide) groups is 1. The van der Waals surface area contributed by atoms with Crippen LogP contribution in [-0.4, -0.2) is 21.7 Å². The van der Waals surface area contributed by atoms with Gasteiger partial charge in [-0.25, -0.2) is 4.39 Å². The molecule has 0 aliphatic carbocycles. The Labute approximate surface area is 162 Å². The first-order valence-corrected chi connectivity index (χ1v) is 9.89. The van der Waals surface area contributed by atoms with Crippen LogP contribution in [0.2, 0.25) is 0 Å². The Balaban J connectivity index is 1.42. The summed E-state index contributed by atoms with van der Waals surface area (Å²) in [7, 11) is 0. The van der Waals surface area contributed by atoms with Crippen LogP contribution >= 0.6 is 11.8 Å². The molecule has 0 N–H and O–H groups in total. The molecule has 0 spiro atoms. The molecule has 0 aliphatic heterocycles. The quantitative estimate of drug-likeness (QED) is 0.284. The molecule has 0 radical (unpaired) electrons. The zero-order chi connectivity index (χ0) is 19.1. The molecule has 3 rings (SSSR count). The highest BCUT2D eigenvalue weighted by Gasteiger charge is 2.13. The second kappa shape index (κ2) is 9.46. The van der Waals surface area contributed by atoms with Crippen LogP contribution in [0, 0.1) is 5.82 Å². The van der Waals surface area contributed by atoms with Crippen molar-refractivity contribution in [3.05, 3.63) is 77.4 Å². The number of benzene rings is 2. The number of hydrogen-bond donors (Lipinski definition) is 0. The van der Waals surface area contributed by atoms with Crippen LogP contribution in [0.1, 0.15) is 47.5 Å². The Morgan fingerprint density at radius 3 is 2.59 bits per heavy atom. The summed E-state index contributed by atoms with van der Waals surface area (Å²) in [5, 5.41) is 8.71. The summed E-state index contributed by atoms with van der Waals surface area (Å²) >= 11 is 1.45. The second-order valence-corrected chi connectivity index (χ2v) is 7.41. The summed E-state index contributed by atoms with van der Waals surface area (Å²) in [6.45, 7) is 2.13. The maximum absolute atomic E-state index is 12.9. The van der Waals surface area contributed by atoms with Crippen molar-refractivity contribution in [2.45, 2.75) is 37.3 Å². The molecule has 6 heteroatoms. The van der Waals surface area contributed by atoms with Crippen LogP contribution in [0.4, 0.5) is 4.39 Å². The average molecular weight is 384 g/mol. The number of Topliss-reactive ketones (excluding diaryl/α,β-unsaturated/α-hetero) is 1. The van der Waals surface area contributed by atoms with E-state index in [-0.39, 0.29) is 11.6 Å². The van der Waals surface area contributed by atoms with Crippen molar-refractivity contribution >= 4 is 17.5 Å². The van der Waals surface area contributed by atoms with Gasteiger partial charge >= 0.3 is 0 Å². The van der Waals surface area contributed by atoms with Gasteiger partial charge in [-0.05, 0) is 42.2 Å². The molecule has 0 saturated carbocycles. The first-order valence-electron chi connectivity index (χ1n) is 8.90. The number of carbonyl (C=O) groups excluding carboxylic acids is 1. The number of nitrogens with zero attached hydrogens (tertiary/aromatic N) is 2. The molecule has 3 aromatic rings. The van der Waals surface area contributed by atoms with Gasteiger partial charge in [-0.3, -0.25) is 4.79 Å². The third-order valence-electron chi connectivity index (χ3n) is 4.24. The third kappa shape index (κ3) is 5.76. The zero-order valence-electron chi connectivity index (χ0n) is 15.1. The van der Waals surface area contributed by atoms with Crippen LogP contribution in [0.15, 0.2) is 64.2 Å². The van der Waals surface area contributed by atoms with Crippen LogP contribution in [0.5, 0.6) is 0 Å². The fourth-order valence-corrected chi connectivity index (χ4v) is 3.43. The molecule has 27 heavy (non-hydrogen) atoms. The zero-order valence-corrected chi connectivity index (χ0v) is 15.9. The Kier molecular flexibility index (Phi) is 6.76. The molecule has 140 valence electrons. The van der Waals surface area contributed by atoms with Gasteiger partial charge in [0.2, 0.25) is 5.89 Å². The second-order valence-electron chi connectivity index (χ2n) is 6.36. The highest BCUT2D eigenvalue weighted by molar-refractivity contribution is 7.99. The van der Waals surface area contributed by atoms with Gasteiger partial charge in [-0.1, -0.05) is 49.0 Å². The Hall–Kier alpha value is -2.47. The van der Waals surface area contributed by atoms with Crippen molar-refractivity contribution < 1.29 is 13.6 Å². The van der Waals surface area contributed by atoms with E-state index in [4.69, 9.17) is 4.42 Å². The van der Waals surface area contributed by atoms with Crippen molar-refractivity contribution in [1.82, 2.24) is 10.2 Å². The van der Waals surface area contributed by atoms with Crippen LogP contribution in [0.3, 0.4) is 0 Å². The average Bonchev–Trinajstić information content (AvgIpc) is 3.13. The third-order valence-corrected chi connectivity index (χ3v) is 5.14. The fourth-order valence-electron chi connectivity index (χ4n) is 2.71. The fraction of sp³-hybridized carbons (Fsp3) is 0.286. The maximum Gasteiger partial charge on any atom is 0.276 e. The Bertz CT molecular complexity index is 865. The van der Waals surface area contributed by atoms with Gasteiger partial charge in [0.05, 0.1) is 0 Å². The van der Waals surface area contributed by atoms with Crippen molar-refractivity contribution in [2.75, 3.05) is 5.75 Å². The number of carbonyl (C=O) groups is 1. The minimum absolute atomic E-state index is 0.0125. The van der Waals surface area contributed by atoms with Gasteiger partial charge in [0.15, 0.2) is 5.78 Å². The van der Waals surface area contributed by atoms with E-state index in [2.05, 4.69) is 29.3 Å². The Morgan fingerprint density at radius 1 is 1.11 bits per heavy atom. The molecule has 1 aromatic heterocycles. The van der Waals surface area contributed by atoms with E-state index in [1.54, 1.807) is 0 Å². The lowest BCUT2D eigenvalue weighted by atomic mass is 9.98. The minimum atomic E-state index is -0.337. The van der Waals surface area contributed by atoms with Crippen LogP contribution in [-0.2, 0) is 6.42 Å². The molecule has 2 aromatic carbocycles. The highest BCUT2D eigenvalue weighted by Crippen LogP contribution is 2.23. The monoisotopic (exact) mass is 384 g/mol. The first-order chi connectivity index (χ1) is 13.1. The van der Waals surface area contributed by atoms with E-state index in [1.807, 2.05) is 18.2 Å². The van der Waals surface area contributed by atoms with Crippen molar-refractivity contribution in [1.29, 1.82) is 0 Å². The molecule has 0 fully saturated rings. The van der Waals surface area contributed by atoms with Gasteiger partial charge in [0, 0.05) is 24.2 Å². The smallest absolute Gasteiger partial charge is 0.276 e. The number of ketones is 1. The molecule has 0 saturated heterocycles. The molecular formula is C21H21FN2O2S. The molecule has 0 bridgehead atoms. The summed E-state index contributed by atoms with van der Waals surface area (Å²) in [4.78, 5) is 12.0. The lowest BCUT2D eigenvalue weighted by Gasteiger charge is -2.08. The van der Waals surface area contributed by atoms with Gasteiger partial charge < -0.3 is 4.42 Å². The number of hydrogen-bond acceptors (Lipinski definition) is 5. The largest absolute Gasteiger partial charge is 0.416 e. The minimum Gasteiger partial charge on any atom is -0.416 e. The number of rotatable bonds is 9. The Morgan fingerprint density at radius 2 is 1.85 bits per heavy atom. The van der Waals surface area contributed by atoms with E-state index in [9.17, 15) is 9.18 Å². The van der Waals surface area contributed by atoms with Gasteiger partial charge in [-0.2, -0.15) is 0 Å². The summed E-state index contributed by atoms with van der Waals surface area (Å²) in [5.74, 6) is 1.31. The molecule has 1 atom stereocenters. The van der Waals surface area contributed by atoms with E-state index < -0.39 is 0 Å². The van der Waals surface area contributed by atoms with Crippen molar-refractivity contribution in [2.24, 2.45) is 0 Å². The molecular weight excluding hydrogens is 363 g/mol. The van der Waals surface area contributed by atoms with E-state index in [1.165, 1.54) is 41.6 Å². The summed E-state index contributed by atoms with van der Waals surface area (Å²) < 4.78 is 18.6. The van der Waals surface area contributed by atoms with E-state index in [0.29, 0.717) is 47.6 Å². The normalized spacial score (nSPS) is 12.1. The topological polar surface area (TPSA) is 56.0 Å². The van der Waals surface area contributed by atoms with Gasteiger partial charge in [0.25, 0.3) is 5.22 Å². The highest BCUT2D eigenvalue weighted by atomic mass is 32.2. The van der Waals surface area contributed by atoms with E-state index >= 15 is 0 Å². The van der Waals surface area contributed by atoms with Crippen molar-refractivity contribution in [3.63, 3.8) is 0 Å². The maximum atomic E-state index is 12.9. The number of halogens is 1. The predicted molar refractivity (Wildman–Crippen MR) is 104 cm³/mol. The summed E-state index contributed by atoms with van der Waals surface area (Å²) in [5.41, 5.74) is 1.78. The lowest BCUT2D eigenvalue weighted by molar-refractivity contribution is 0.0982. The molecule has 1 unspecified atom stereocenters.